The lowest BCUT2D eigenvalue weighted by Crippen LogP contribution is -2.43. The van der Waals surface area contributed by atoms with Crippen molar-refractivity contribution in [2.24, 2.45) is 0 Å². The number of hydrogen-bond donors (Lipinski definition) is 1. The molecule has 3 atom stereocenters. The van der Waals surface area contributed by atoms with E-state index in [2.05, 4.69) is 67.7 Å². The maximum Gasteiger partial charge on any atom is 0.250 e. The zero-order valence-electron chi connectivity index (χ0n) is 27.7. The highest BCUT2D eigenvalue weighted by Gasteiger charge is 2.41. The third-order valence-corrected chi connectivity index (χ3v) is 17.9. The van der Waals surface area contributed by atoms with Crippen LogP contribution in [0.5, 0.6) is 23.0 Å². The van der Waals surface area contributed by atoms with Gasteiger partial charge >= 0.3 is 0 Å². The van der Waals surface area contributed by atoms with E-state index in [1.807, 2.05) is 24.3 Å². The van der Waals surface area contributed by atoms with Crippen molar-refractivity contribution in [3.63, 3.8) is 0 Å². The number of aliphatic hydroxyl groups excluding tert-OH is 1. The highest BCUT2D eigenvalue weighted by atomic mass is 28.4. The fourth-order valence-electron chi connectivity index (χ4n) is 4.39. The van der Waals surface area contributed by atoms with Crippen LogP contribution in [0.1, 0.15) is 70.3 Å². The normalized spacial score (nSPS) is 19.9. The SMILES string of the molecule is COc1cc(C[C@H]2O[C@@H](CC(=O)c3ccc(O[Si](C)(C)C(C)(C)C)c(OC)c3)C[C@H]2O)ccc1O[Si](C)(C)C(C)(C)C. The fourth-order valence-corrected chi connectivity index (χ4v) is 6.44. The average Bonchev–Trinajstić information content (AvgIpc) is 3.21. The smallest absolute Gasteiger partial charge is 0.250 e. The molecule has 2 aromatic rings. The number of ketones is 1. The zero-order valence-corrected chi connectivity index (χ0v) is 29.7. The van der Waals surface area contributed by atoms with E-state index >= 15 is 0 Å². The predicted octanol–water partition coefficient (Wildman–Crippen LogP) is 7.81. The van der Waals surface area contributed by atoms with E-state index in [9.17, 15) is 9.90 Å². The molecule has 0 saturated carbocycles. The monoisotopic (exact) mass is 616 g/mol. The molecule has 1 heterocycles. The number of carbonyl (C=O) groups is 1. The standard InChI is InChI=1S/C33H52O7Si2/c1-32(2,3)41(9,10)39-27-15-13-22(18-30(27)36-7)17-29-26(35)21-24(38-29)20-25(34)23-14-16-28(31(19-23)37-8)40-42(11,12)33(4,5)6/h13-16,18-19,24,26,29,35H,17,20-21H2,1-12H3/t24-,26+,29+/m0/s1. The Labute approximate surface area is 255 Å². The maximum absolute atomic E-state index is 13.2. The lowest BCUT2D eigenvalue weighted by molar-refractivity contribution is 0.00931. The van der Waals surface area contributed by atoms with Gasteiger partial charge in [0.2, 0.25) is 0 Å². The summed E-state index contributed by atoms with van der Waals surface area (Å²) in [6, 6.07) is 11.3. The van der Waals surface area contributed by atoms with Crippen molar-refractivity contribution < 1.29 is 33.0 Å². The van der Waals surface area contributed by atoms with Crippen LogP contribution in [0.3, 0.4) is 0 Å². The Bertz CT molecular complexity index is 1240. The molecule has 1 aliphatic heterocycles. The second-order valence-electron chi connectivity index (χ2n) is 14.5. The molecule has 9 heteroatoms. The Kier molecular flexibility index (Phi) is 10.3. The Morgan fingerprint density at radius 3 is 1.83 bits per heavy atom. The number of carbonyl (C=O) groups excluding carboxylic acids is 1. The van der Waals surface area contributed by atoms with Gasteiger partial charge in [0.1, 0.15) is 11.5 Å². The van der Waals surface area contributed by atoms with Crippen LogP contribution in [-0.2, 0) is 11.2 Å². The van der Waals surface area contributed by atoms with Crippen LogP contribution >= 0.6 is 0 Å². The van der Waals surface area contributed by atoms with E-state index in [1.165, 1.54) is 0 Å². The molecule has 1 N–H and O–H groups in total. The van der Waals surface area contributed by atoms with Crippen molar-refractivity contribution in [3.8, 4) is 23.0 Å². The summed E-state index contributed by atoms with van der Waals surface area (Å²) in [5.74, 6) is 2.56. The first-order valence-electron chi connectivity index (χ1n) is 14.9. The minimum atomic E-state index is -2.07. The van der Waals surface area contributed by atoms with E-state index in [4.69, 9.17) is 23.1 Å². The fraction of sp³-hybridized carbons (Fsp3) is 0.606. The highest BCUT2D eigenvalue weighted by Crippen LogP contribution is 2.42. The second kappa shape index (κ2) is 12.7. The van der Waals surface area contributed by atoms with Gasteiger partial charge in [0, 0.05) is 24.8 Å². The number of hydrogen-bond acceptors (Lipinski definition) is 7. The van der Waals surface area contributed by atoms with Gasteiger partial charge in [-0.15, -0.1) is 0 Å². The number of ether oxygens (including phenoxy) is 3. The summed E-state index contributed by atoms with van der Waals surface area (Å²) in [6.45, 7) is 21.9. The number of benzene rings is 2. The number of methoxy groups -OCH3 is 2. The Morgan fingerprint density at radius 1 is 0.833 bits per heavy atom. The van der Waals surface area contributed by atoms with Crippen molar-refractivity contribution in [2.45, 2.75) is 115 Å². The molecule has 1 fully saturated rings. The number of aliphatic hydroxyl groups is 1. The van der Waals surface area contributed by atoms with Gasteiger partial charge < -0.3 is 28.2 Å². The van der Waals surface area contributed by atoms with Crippen molar-refractivity contribution in [2.75, 3.05) is 14.2 Å². The largest absolute Gasteiger partial charge is 0.541 e. The molecule has 0 aromatic heterocycles. The minimum Gasteiger partial charge on any atom is -0.541 e. The first-order valence-corrected chi connectivity index (χ1v) is 20.7. The topological polar surface area (TPSA) is 83.5 Å². The minimum absolute atomic E-state index is 0.0371. The summed E-state index contributed by atoms with van der Waals surface area (Å²) < 4.78 is 30.4. The molecular formula is C33H52O7Si2. The van der Waals surface area contributed by atoms with Crippen molar-refractivity contribution in [3.05, 3.63) is 47.5 Å². The van der Waals surface area contributed by atoms with Gasteiger partial charge in [0.15, 0.2) is 17.3 Å². The molecule has 2 aromatic carbocycles. The molecule has 0 aliphatic carbocycles. The molecule has 234 valence electrons. The maximum atomic E-state index is 13.2. The zero-order chi connectivity index (χ0) is 31.7. The van der Waals surface area contributed by atoms with Crippen molar-refractivity contribution in [1.29, 1.82) is 0 Å². The molecule has 3 rings (SSSR count). The molecule has 0 amide bonds. The van der Waals surface area contributed by atoms with E-state index in [1.54, 1.807) is 26.4 Å². The predicted molar refractivity (Wildman–Crippen MR) is 174 cm³/mol. The average molecular weight is 617 g/mol. The molecular weight excluding hydrogens is 565 g/mol. The molecule has 42 heavy (non-hydrogen) atoms. The summed E-state index contributed by atoms with van der Waals surface area (Å²) in [6.07, 6.45) is -0.335. The molecule has 7 nitrogen and oxygen atoms in total. The summed E-state index contributed by atoms with van der Waals surface area (Å²) in [5, 5.41) is 10.9. The molecule has 0 unspecified atom stereocenters. The molecule has 1 aliphatic rings. The Hall–Kier alpha value is -2.34. The number of rotatable bonds is 11. The van der Waals surface area contributed by atoms with Crippen LogP contribution < -0.4 is 18.3 Å². The third-order valence-electron chi connectivity index (χ3n) is 9.21. The van der Waals surface area contributed by atoms with Gasteiger partial charge in [0.05, 0.1) is 32.5 Å². The van der Waals surface area contributed by atoms with Gasteiger partial charge in [-0.1, -0.05) is 47.6 Å². The van der Waals surface area contributed by atoms with Crippen molar-refractivity contribution >= 4 is 22.4 Å². The van der Waals surface area contributed by atoms with Crippen LogP contribution in [0.25, 0.3) is 0 Å². The van der Waals surface area contributed by atoms with Crippen LogP contribution in [0.2, 0.25) is 36.3 Å². The lowest BCUT2D eigenvalue weighted by Gasteiger charge is -2.36. The summed E-state index contributed by atoms with van der Waals surface area (Å²) >= 11 is 0. The first-order chi connectivity index (χ1) is 19.3. The lowest BCUT2D eigenvalue weighted by atomic mass is 10.00. The van der Waals surface area contributed by atoms with Crippen LogP contribution in [0, 0.1) is 0 Å². The van der Waals surface area contributed by atoms with Gasteiger partial charge in [-0.25, -0.2) is 0 Å². The van der Waals surface area contributed by atoms with Crippen molar-refractivity contribution in [1.82, 2.24) is 0 Å². The highest BCUT2D eigenvalue weighted by molar-refractivity contribution is 6.75. The van der Waals surface area contributed by atoms with Gasteiger partial charge in [-0.05, 0) is 72.2 Å². The summed E-state index contributed by atoms with van der Waals surface area (Å²) in [7, 11) is -0.869. The van der Waals surface area contributed by atoms with E-state index in [0.717, 1.165) is 11.3 Å². The summed E-state index contributed by atoms with van der Waals surface area (Å²) in [5.41, 5.74) is 1.52. The van der Waals surface area contributed by atoms with Gasteiger partial charge in [-0.2, -0.15) is 0 Å². The van der Waals surface area contributed by atoms with Crippen LogP contribution in [-0.4, -0.2) is 60.1 Å². The number of Topliss-reactive ketones (excluding diaryl/α,β-unsaturated/α-hetero) is 1. The van der Waals surface area contributed by atoms with E-state index in [-0.39, 0.29) is 28.4 Å². The van der Waals surface area contributed by atoms with Crippen LogP contribution in [0.4, 0.5) is 0 Å². The second-order valence-corrected chi connectivity index (χ2v) is 24.0. The molecule has 1 saturated heterocycles. The molecule has 0 bridgehead atoms. The van der Waals surface area contributed by atoms with E-state index < -0.39 is 28.8 Å². The van der Waals surface area contributed by atoms with Gasteiger partial charge in [0.25, 0.3) is 16.6 Å². The van der Waals surface area contributed by atoms with E-state index in [0.29, 0.717) is 35.7 Å². The quantitative estimate of drug-likeness (QED) is 0.204. The Balaban J connectivity index is 1.66. The summed E-state index contributed by atoms with van der Waals surface area (Å²) in [4.78, 5) is 13.2. The molecule has 0 radical (unpaired) electrons. The Morgan fingerprint density at radius 2 is 1.33 bits per heavy atom. The first kappa shape index (κ1) is 34.2. The van der Waals surface area contributed by atoms with Crippen LogP contribution in [0.15, 0.2) is 36.4 Å². The third kappa shape index (κ3) is 7.98. The molecule has 0 spiro atoms. The van der Waals surface area contributed by atoms with Gasteiger partial charge in [-0.3, -0.25) is 4.79 Å².